The molecule has 1 aromatic heterocycles. The zero-order chi connectivity index (χ0) is 26.0. The fraction of sp³-hybridized carbons (Fsp3) is 0.552. The van der Waals surface area contributed by atoms with Gasteiger partial charge in [0, 0.05) is 23.7 Å². The van der Waals surface area contributed by atoms with Crippen molar-refractivity contribution in [3.8, 4) is 5.75 Å². The second-order valence-corrected chi connectivity index (χ2v) is 11.3. The van der Waals surface area contributed by atoms with Crippen molar-refractivity contribution in [1.29, 1.82) is 0 Å². The fourth-order valence-electron chi connectivity index (χ4n) is 6.42. The zero-order valence-corrected chi connectivity index (χ0v) is 22.2. The molecule has 2 aromatic rings. The Bertz CT molecular complexity index is 1120. The summed E-state index contributed by atoms with van der Waals surface area (Å²) >= 11 is 0. The van der Waals surface area contributed by atoms with Gasteiger partial charge in [-0.05, 0) is 76.6 Å². The second-order valence-electron chi connectivity index (χ2n) is 11.3. The van der Waals surface area contributed by atoms with Crippen molar-refractivity contribution in [3.05, 3.63) is 53.7 Å². The standard InChI is InChI=1S/C29H39N5O3/c1-34(2)29(21-10-5-4-6-11-21)15-13-28(14-16-29)19-22(32-33-28)25-24(37-3)12-17-30-26(25)31-27(36)23(35)18-20-8-7-9-20/h4-6,10-12,17,20,22,32-33H,7-9,13-16,18-19H2,1-3H3,(H,30,31,36)/t22-,28?,29?/m0/s1. The molecule has 2 heterocycles. The van der Waals surface area contributed by atoms with Crippen LogP contribution in [-0.2, 0) is 15.1 Å². The zero-order valence-electron chi connectivity index (χ0n) is 22.2. The number of anilines is 1. The fourth-order valence-corrected chi connectivity index (χ4v) is 6.42. The molecule has 2 saturated carbocycles. The van der Waals surface area contributed by atoms with E-state index in [1.807, 2.05) is 0 Å². The lowest BCUT2D eigenvalue weighted by Crippen LogP contribution is -2.53. The van der Waals surface area contributed by atoms with Crippen LogP contribution in [-0.4, -0.2) is 48.3 Å². The maximum absolute atomic E-state index is 12.7. The molecule has 3 aliphatic rings. The van der Waals surface area contributed by atoms with E-state index in [1.54, 1.807) is 19.4 Å². The molecule has 1 aliphatic heterocycles. The van der Waals surface area contributed by atoms with E-state index in [0.29, 0.717) is 23.9 Å². The van der Waals surface area contributed by atoms with Crippen LogP contribution in [0.2, 0.25) is 0 Å². The lowest BCUT2D eigenvalue weighted by atomic mass is 9.67. The van der Waals surface area contributed by atoms with Gasteiger partial charge in [0.2, 0.25) is 5.78 Å². The Hall–Kier alpha value is -2.81. The van der Waals surface area contributed by atoms with Gasteiger partial charge in [-0.1, -0.05) is 36.8 Å². The SMILES string of the molecule is COc1ccnc(NC(=O)C(=O)CC2CCC2)c1[C@@H]1CC2(CCC(c3ccccc3)(N(C)C)CC2)NN1. The summed E-state index contributed by atoms with van der Waals surface area (Å²) < 4.78 is 5.68. The number of aromatic nitrogens is 1. The Balaban J connectivity index is 1.32. The lowest BCUT2D eigenvalue weighted by molar-refractivity contribution is -0.135. The summed E-state index contributed by atoms with van der Waals surface area (Å²) in [5.74, 6) is 0.419. The van der Waals surface area contributed by atoms with Crippen molar-refractivity contribution in [3.63, 3.8) is 0 Å². The van der Waals surface area contributed by atoms with Crippen molar-refractivity contribution < 1.29 is 14.3 Å². The van der Waals surface area contributed by atoms with Crippen molar-refractivity contribution in [1.82, 2.24) is 20.7 Å². The van der Waals surface area contributed by atoms with Gasteiger partial charge in [-0.3, -0.25) is 19.9 Å². The van der Waals surface area contributed by atoms with Gasteiger partial charge in [0.15, 0.2) is 0 Å². The number of hydrazine groups is 1. The van der Waals surface area contributed by atoms with Crippen molar-refractivity contribution in [2.24, 2.45) is 5.92 Å². The Morgan fingerprint density at radius 2 is 1.84 bits per heavy atom. The summed E-state index contributed by atoms with van der Waals surface area (Å²) in [7, 11) is 5.97. The number of hydrogen-bond acceptors (Lipinski definition) is 7. The molecule has 0 unspecified atom stereocenters. The maximum Gasteiger partial charge on any atom is 0.292 e. The minimum Gasteiger partial charge on any atom is -0.496 e. The molecule has 2 aliphatic carbocycles. The summed E-state index contributed by atoms with van der Waals surface area (Å²) in [6.07, 6.45) is 10.0. The van der Waals surface area contributed by atoms with Crippen LogP contribution >= 0.6 is 0 Å². The highest BCUT2D eigenvalue weighted by Crippen LogP contribution is 2.49. The van der Waals surface area contributed by atoms with Crippen LogP contribution in [0.1, 0.15) is 75.0 Å². The first-order chi connectivity index (χ1) is 17.9. The number of amides is 1. The molecule has 1 atom stereocenters. The Morgan fingerprint density at radius 3 is 2.46 bits per heavy atom. The summed E-state index contributed by atoms with van der Waals surface area (Å²) in [6.45, 7) is 0. The third-order valence-electron chi connectivity index (χ3n) is 9.01. The second kappa shape index (κ2) is 10.5. The predicted octanol–water partition coefficient (Wildman–Crippen LogP) is 4.10. The number of carbonyl (C=O) groups excluding carboxylic acids is 2. The quantitative estimate of drug-likeness (QED) is 0.465. The van der Waals surface area contributed by atoms with E-state index in [9.17, 15) is 9.59 Å². The molecule has 1 saturated heterocycles. The summed E-state index contributed by atoms with van der Waals surface area (Å²) in [4.78, 5) is 32.1. The minimum atomic E-state index is -0.592. The normalized spacial score (nSPS) is 27.7. The number of nitrogens with one attached hydrogen (secondary N) is 3. The van der Waals surface area contributed by atoms with Crippen LogP contribution < -0.4 is 20.9 Å². The van der Waals surface area contributed by atoms with Gasteiger partial charge in [0.25, 0.3) is 5.91 Å². The average molecular weight is 506 g/mol. The number of ketones is 1. The molecule has 1 amide bonds. The molecule has 3 fully saturated rings. The molecule has 198 valence electrons. The topological polar surface area (TPSA) is 95.6 Å². The van der Waals surface area contributed by atoms with Gasteiger partial charge in [-0.2, -0.15) is 0 Å². The number of hydrogen-bond donors (Lipinski definition) is 3. The van der Waals surface area contributed by atoms with E-state index in [-0.39, 0.29) is 22.9 Å². The number of benzene rings is 1. The third kappa shape index (κ3) is 5.02. The molecular formula is C29H39N5O3. The molecule has 0 bridgehead atoms. The molecule has 1 aromatic carbocycles. The van der Waals surface area contributed by atoms with Gasteiger partial charge in [-0.25, -0.2) is 10.4 Å². The van der Waals surface area contributed by atoms with E-state index in [0.717, 1.165) is 56.9 Å². The largest absolute Gasteiger partial charge is 0.496 e. The van der Waals surface area contributed by atoms with E-state index in [4.69, 9.17) is 4.74 Å². The highest BCUT2D eigenvalue weighted by Gasteiger charge is 2.49. The van der Waals surface area contributed by atoms with Crippen molar-refractivity contribution in [2.75, 3.05) is 26.5 Å². The molecule has 37 heavy (non-hydrogen) atoms. The molecule has 8 heteroatoms. The van der Waals surface area contributed by atoms with Crippen LogP contribution in [0.3, 0.4) is 0 Å². The molecule has 5 rings (SSSR count). The summed E-state index contributed by atoms with van der Waals surface area (Å²) in [5, 5.41) is 2.80. The highest BCUT2D eigenvalue weighted by atomic mass is 16.5. The first kappa shape index (κ1) is 25.8. The van der Waals surface area contributed by atoms with Gasteiger partial charge in [-0.15, -0.1) is 0 Å². The first-order valence-corrected chi connectivity index (χ1v) is 13.5. The Morgan fingerprint density at radius 1 is 1.11 bits per heavy atom. The van der Waals surface area contributed by atoms with Gasteiger partial charge in [0.1, 0.15) is 11.6 Å². The molecule has 8 nitrogen and oxygen atoms in total. The smallest absolute Gasteiger partial charge is 0.292 e. The molecular weight excluding hydrogens is 466 g/mol. The Labute approximate surface area is 219 Å². The lowest BCUT2D eigenvalue weighted by Gasteiger charge is -2.49. The van der Waals surface area contributed by atoms with Crippen LogP contribution in [0, 0.1) is 5.92 Å². The van der Waals surface area contributed by atoms with Crippen LogP contribution in [0.15, 0.2) is 42.6 Å². The first-order valence-electron chi connectivity index (χ1n) is 13.5. The number of methoxy groups -OCH3 is 1. The van der Waals surface area contributed by atoms with Gasteiger partial charge in [0.05, 0.1) is 18.7 Å². The third-order valence-corrected chi connectivity index (χ3v) is 9.01. The van der Waals surface area contributed by atoms with Gasteiger partial charge >= 0.3 is 0 Å². The summed E-state index contributed by atoms with van der Waals surface area (Å²) in [6, 6.07) is 12.5. The van der Waals surface area contributed by atoms with Crippen molar-refractivity contribution in [2.45, 2.75) is 74.9 Å². The van der Waals surface area contributed by atoms with E-state index < -0.39 is 5.91 Å². The monoisotopic (exact) mass is 505 g/mol. The number of Topliss-reactive ketones (excluding diaryl/α,β-unsaturated/α-hetero) is 1. The predicted molar refractivity (Wildman–Crippen MR) is 143 cm³/mol. The number of carbonyl (C=O) groups is 2. The average Bonchev–Trinajstić information content (AvgIpc) is 3.29. The highest BCUT2D eigenvalue weighted by molar-refractivity contribution is 6.40. The number of rotatable bonds is 8. The molecule has 3 N–H and O–H groups in total. The van der Waals surface area contributed by atoms with E-state index in [1.165, 1.54) is 5.56 Å². The van der Waals surface area contributed by atoms with Crippen LogP contribution in [0.25, 0.3) is 0 Å². The van der Waals surface area contributed by atoms with E-state index >= 15 is 0 Å². The number of ether oxygens (including phenoxy) is 1. The minimum absolute atomic E-state index is 0.0121. The maximum atomic E-state index is 12.7. The number of pyridine rings is 1. The van der Waals surface area contributed by atoms with Crippen LogP contribution in [0.4, 0.5) is 5.82 Å². The summed E-state index contributed by atoms with van der Waals surface area (Å²) in [5.41, 5.74) is 9.18. The van der Waals surface area contributed by atoms with Crippen molar-refractivity contribution >= 4 is 17.5 Å². The number of nitrogens with zero attached hydrogens (tertiary/aromatic N) is 2. The molecule has 0 radical (unpaired) electrons. The Kier molecular flexibility index (Phi) is 7.34. The van der Waals surface area contributed by atoms with Gasteiger partial charge < -0.3 is 10.1 Å². The molecule has 1 spiro atoms. The van der Waals surface area contributed by atoms with E-state index in [2.05, 4.69) is 70.5 Å². The van der Waals surface area contributed by atoms with Crippen LogP contribution in [0.5, 0.6) is 5.75 Å².